The Balaban J connectivity index is 1.22. The first kappa shape index (κ1) is 29.9. The molecule has 0 spiro atoms. The van der Waals surface area contributed by atoms with E-state index in [0.29, 0.717) is 44.8 Å². The number of sulfone groups is 1. The van der Waals surface area contributed by atoms with Crippen LogP contribution in [-0.4, -0.2) is 18.4 Å². The fourth-order valence-corrected chi connectivity index (χ4v) is 6.66. The van der Waals surface area contributed by atoms with Gasteiger partial charge in [0.25, 0.3) is 0 Å². The van der Waals surface area contributed by atoms with E-state index in [9.17, 15) is 17.2 Å². The Hall–Kier alpha value is -5.15. The minimum atomic E-state index is -3.98. The number of hydrogen-bond donors (Lipinski definition) is 0. The lowest BCUT2D eigenvalue weighted by Gasteiger charge is -2.12. The first-order valence-corrected chi connectivity index (χ1v) is 15.7. The molecule has 0 saturated heterocycles. The molecule has 0 atom stereocenters. The predicted molar refractivity (Wildman–Crippen MR) is 166 cm³/mol. The molecule has 6 aromatic rings. The SMILES string of the molecule is O=S(=O)(Cc1ccc(-c2ncccc2-c2ccc(F)cc2)cc1F)Cc1ccc(-c2ncccc2-c2ccc(F)cc2)cc1F. The third-order valence-corrected chi connectivity index (χ3v) is 8.83. The van der Waals surface area contributed by atoms with E-state index in [1.165, 1.54) is 48.5 Å². The smallest absolute Gasteiger partial charge is 0.158 e. The third kappa shape index (κ3) is 6.68. The molecule has 224 valence electrons. The van der Waals surface area contributed by atoms with Crippen molar-refractivity contribution in [3.05, 3.63) is 156 Å². The van der Waals surface area contributed by atoms with Crippen molar-refractivity contribution in [3.63, 3.8) is 0 Å². The minimum absolute atomic E-state index is 0.0625. The second-order valence-corrected chi connectivity index (χ2v) is 12.5. The van der Waals surface area contributed by atoms with E-state index in [1.807, 2.05) is 0 Å². The van der Waals surface area contributed by atoms with E-state index in [1.54, 1.807) is 73.1 Å². The van der Waals surface area contributed by atoms with Gasteiger partial charge in [0.1, 0.15) is 23.3 Å². The summed E-state index contributed by atoms with van der Waals surface area (Å²) in [5.74, 6) is -3.54. The zero-order valence-electron chi connectivity index (χ0n) is 23.6. The average molecular weight is 625 g/mol. The summed E-state index contributed by atoms with van der Waals surface area (Å²) >= 11 is 0. The molecule has 45 heavy (non-hydrogen) atoms. The van der Waals surface area contributed by atoms with Crippen LogP contribution < -0.4 is 0 Å². The van der Waals surface area contributed by atoms with Crippen molar-refractivity contribution in [3.8, 4) is 44.8 Å². The zero-order valence-corrected chi connectivity index (χ0v) is 24.4. The van der Waals surface area contributed by atoms with Gasteiger partial charge in [-0.1, -0.05) is 60.7 Å². The maximum atomic E-state index is 15.3. The Kier molecular flexibility index (Phi) is 8.28. The van der Waals surface area contributed by atoms with Gasteiger partial charge in [-0.15, -0.1) is 0 Å². The van der Waals surface area contributed by atoms with Gasteiger partial charge in [-0.2, -0.15) is 0 Å². The van der Waals surface area contributed by atoms with Crippen LogP contribution in [0, 0.1) is 23.3 Å². The first-order chi connectivity index (χ1) is 21.7. The standard InChI is InChI=1S/C36H24F4N2O2S/c37-29-13-9-23(10-14-29)31-3-1-17-41-35(31)25-5-7-27(33(39)19-25)21-45(43,44)22-28-8-6-26(20-34(28)40)36-32(4-2-18-42-36)24-11-15-30(38)16-12-24/h1-20H,21-22H2. The van der Waals surface area contributed by atoms with Gasteiger partial charge in [0.2, 0.25) is 0 Å². The van der Waals surface area contributed by atoms with Crippen molar-refractivity contribution in [2.45, 2.75) is 11.5 Å². The average Bonchev–Trinajstić information content (AvgIpc) is 3.04. The highest BCUT2D eigenvalue weighted by Crippen LogP contribution is 2.33. The Bertz CT molecular complexity index is 1970. The summed E-state index contributed by atoms with van der Waals surface area (Å²) in [6, 6.07) is 27.0. The molecular formula is C36H24F4N2O2S. The number of aromatic nitrogens is 2. The summed E-state index contributed by atoms with van der Waals surface area (Å²) in [6.07, 6.45) is 3.10. The molecule has 0 N–H and O–H groups in total. The number of benzene rings is 4. The zero-order chi connectivity index (χ0) is 31.6. The lowest BCUT2D eigenvalue weighted by molar-refractivity contribution is 0.581. The molecule has 4 aromatic carbocycles. The quantitative estimate of drug-likeness (QED) is 0.159. The molecule has 9 heteroatoms. The largest absolute Gasteiger partial charge is 0.256 e. The van der Waals surface area contributed by atoms with Crippen LogP contribution in [0.4, 0.5) is 17.6 Å². The molecule has 4 nitrogen and oxygen atoms in total. The maximum Gasteiger partial charge on any atom is 0.158 e. The van der Waals surface area contributed by atoms with Crippen LogP contribution >= 0.6 is 0 Å². The van der Waals surface area contributed by atoms with E-state index in [-0.39, 0.29) is 22.8 Å². The van der Waals surface area contributed by atoms with E-state index in [4.69, 9.17) is 0 Å². The van der Waals surface area contributed by atoms with Gasteiger partial charge < -0.3 is 0 Å². The predicted octanol–water partition coefficient (Wildman–Crippen LogP) is 8.82. The third-order valence-electron chi connectivity index (χ3n) is 7.33. The molecule has 0 saturated carbocycles. The summed E-state index contributed by atoms with van der Waals surface area (Å²) in [6.45, 7) is 0. The van der Waals surface area contributed by atoms with E-state index in [0.717, 1.165) is 0 Å². The Morgan fingerprint density at radius 1 is 0.489 bits per heavy atom. The number of nitrogens with zero attached hydrogens (tertiary/aromatic N) is 2. The summed E-state index contributed by atoms with van der Waals surface area (Å²) in [7, 11) is -3.98. The summed E-state index contributed by atoms with van der Waals surface area (Å²) in [5.41, 5.74) is 4.32. The second-order valence-electron chi connectivity index (χ2n) is 10.5. The normalized spacial score (nSPS) is 11.5. The van der Waals surface area contributed by atoms with Crippen molar-refractivity contribution >= 4 is 9.84 Å². The summed E-state index contributed by atoms with van der Waals surface area (Å²) in [4.78, 5) is 8.75. The maximum absolute atomic E-state index is 15.3. The summed E-state index contributed by atoms with van der Waals surface area (Å²) < 4.78 is 83.6. The number of hydrogen-bond acceptors (Lipinski definition) is 4. The van der Waals surface area contributed by atoms with Crippen molar-refractivity contribution in [2.24, 2.45) is 0 Å². The van der Waals surface area contributed by atoms with Gasteiger partial charge >= 0.3 is 0 Å². The fraction of sp³-hybridized carbons (Fsp3) is 0.0556. The molecule has 2 heterocycles. The van der Waals surface area contributed by atoms with Crippen molar-refractivity contribution in [2.75, 3.05) is 0 Å². The van der Waals surface area contributed by atoms with Gasteiger partial charge in [-0.3, -0.25) is 9.97 Å². The molecule has 0 amide bonds. The number of pyridine rings is 2. The first-order valence-electron chi connectivity index (χ1n) is 13.9. The van der Waals surface area contributed by atoms with Crippen LogP contribution in [0.15, 0.2) is 122 Å². The Morgan fingerprint density at radius 2 is 0.867 bits per heavy atom. The Morgan fingerprint density at radius 3 is 1.24 bits per heavy atom. The second kappa shape index (κ2) is 12.5. The monoisotopic (exact) mass is 624 g/mol. The molecule has 6 rings (SSSR count). The highest BCUT2D eigenvalue weighted by molar-refractivity contribution is 7.89. The molecule has 0 aliphatic rings. The highest BCUT2D eigenvalue weighted by atomic mass is 32.2. The molecular weight excluding hydrogens is 600 g/mol. The van der Waals surface area contributed by atoms with Crippen LogP contribution in [0.2, 0.25) is 0 Å². The Labute approximate surface area is 257 Å². The molecule has 0 aliphatic carbocycles. The van der Waals surface area contributed by atoms with Gasteiger partial charge in [0.15, 0.2) is 9.84 Å². The molecule has 2 aromatic heterocycles. The van der Waals surface area contributed by atoms with E-state index in [2.05, 4.69) is 9.97 Å². The van der Waals surface area contributed by atoms with E-state index >= 15 is 8.78 Å². The van der Waals surface area contributed by atoms with Crippen molar-refractivity contribution in [1.29, 1.82) is 0 Å². The van der Waals surface area contributed by atoms with Crippen LogP contribution in [0.3, 0.4) is 0 Å². The molecule has 0 radical (unpaired) electrons. The molecule has 0 fully saturated rings. The van der Waals surface area contributed by atoms with Crippen molar-refractivity contribution in [1.82, 2.24) is 9.97 Å². The van der Waals surface area contributed by atoms with Gasteiger partial charge in [-0.05, 0) is 59.7 Å². The van der Waals surface area contributed by atoms with Crippen LogP contribution in [0.1, 0.15) is 11.1 Å². The molecule has 0 unspecified atom stereocenters. The summed E-state index contributed by atoms with van der Waals surface area (Å²) in [5, 5.41) is 0. The molecule has 0 aliphatic heterocycles. The number of halogens is 4. The minimum Gasteiger partial charge on any atom is -0.256 e. The topological polar surface area (TPSA) is 59.9 Å². The fourth-order valence-electron chi connectivity index (χ4n) is 5.14. The van der Waals surface area contributed by atoms with Gasteiger partial charge in [0.05, 0.1) is 22.9 Å². The highest BCUT2D eigenvalue weighted by Gasteiger charge is 2.20. The van der Waals surface area contributed by atoms with E-state index < -0.39 is 33.0 Å². The van der Waals surface area contributed by atoms with Crippen LogP contribution in [0.5, 0.6) is 0 Å². The number of rotatable bonds is 8. The van der Waals surface area contributed by atoms with Gasteiger partial charge in [-0.25, -0.2) is 26.0 Å². The lowest BCUT2D eigenvalue weighted by atomic mass is 9.98. The van der Waals surface area contributed by atoms with Crippen LogP contribution in [-0.2, 0) is 21.3 Å². The van der Waals surface area contributed by atoms with Crippen LogP contribution in [0.25, 0.3) is 44.8 Å². The molecule has 0 bridgehead atoms. The van der Waals surface area contributed by atoms with Crippen molar-refractivity contribution < 1.29 is 26.0 Å². The lowest BCUT2D eigenvalue weighted by Crippen LogP contribution is -2.10. The van der Waals surface area contributed by atoms with Gasteiger partial charge in [0, 0.05) is 45.8 Å².